The zero-order valence-corrected chi connectivity index (χ0v) is 13.7. The minimum Gasteiger partial charge on any atom is -0.483 e. The Bertz CT molecular complexity index is 721. The molecule has 126 valence electrons. The third-order valence-corrected chi connectivity index (χ3v) is 3.69. The van der Waals surface area contributed by atoms with Gasteiger partial charge in [-0.3, -0.25) is 4.79 Å². The topological polar surface area (TPSA) is 80.0 Å². The van der Waals surface area contributed by atoms with Gasteiger partial charge in [-0.15, -0.1) is 0 Å². The number of aromatic nitrogens is 1. The van der Waals surface area contributed by atoms with E-state index in [1.807, 2.05) is 36.4 Å². The van der Waals surface area contributed by atoms with Crippen molar-refractivity contribution in [3.8, 4) is 5.75 Å². The van der Waals surface area contributed by atoms with Crippen LogP contribution < -0.4 is 10.3 Å². The van der Waals surface area contributed by atoms with Crippen LogP contribution in [0, 0.1) is 0 Å². The molecular formula is C18H22N4O2. The largest absolute Gasteiger partial charge is 0.483 e. The average Bonchev–Trinajstić information content (AvgIpc) is 2.62. The summed E-state index contributed by atoms with van der Waals surface area (Å²) in [4.78, 5) is 15.1. The summed E-state index contributed by atoms with van der Waals surface area (Å²) < 4.78 is 7.34. The molecule has 6 heteroatoms. The molecule has 0 aliphatic rings. The predicted molar refractivity (Wildman–Crippen MR) is 94.0 cm³/mol. The van der Waals surface area contributed by atoms with Crippen LogP contribution in [0.3, 0.4) is 0 Å². The molecular weight excluding hydrogens is 304 g/mol. The van der Waals surface area contributed by atoms with Gasteiger partial charge in [-0.1, -0.05) is 48.3 Å². The van der Waals surface area contributed by atoms with E-state index in [9.17, 15) is 4.79 Å². The Morgan fingerprint density at radius 3 is 2.62 bits per heavy atom. The Hall–Kier alpha value is -2.72. The highest BCUT2D eigenvalue weighted by atomic mass is 16.5. The molecule has 0 saturated carbocycles. The molecule has 0 spiro atoms. The maximum atomic E-state index is 12.4. The number of hydrogen-bond donors (Lipinski definition) is 0. The Morgan fingerprint density at radius 1 is 1.04 bits per heavy atom. The lowest BCUT2D eigenvalue weighted by atomic mass is 10.2. The quantitative estimate of drug-likeness (QED) is 0.282. The summed E-state index contributed by atoms with van der Waals surface area (Å²) in [7, 11) is 0. The Kier molecular flexibility index (Phi) is 7.44. The lowest BCUT2D eigenvalue weighted by Crippen LogP contribution is -2.21. The summed E-state index contributed by atoms with van der Waals surface area (Å²) >= 11 is 0. The standard InChI is InChI=1S/C18H22N4O2/c19-21-20-12-6-1-2-7-13-22-14-8-11-17(18(22)23)24-15-16-9-4-3-5-10-16/h3-5,8-11,14H,1-2,6-7,12-13,15H2. The fourth-order valence-corrected chi connectivity index (χ4v) is 2.40. The fraction of sp³-hybridized carbons (Fsp3) is 0.389. The van der Waals surface area contributed by atoms with E-state index in [0.29, 0.717) is 25.4 Å². The number of aryl methyl sites for hydroxylation is 1. The highest BCUT2D eigenvalue weighted by Crippen LogP contribution is 2.08. The van der Waals surface area contributed by atoms with Gasteiger partial charge in [0.25, 0.3) is 5.56 Å². The SMILES string of the molecule is [N-]=[N+]=NCCCCCCn1cccc(OCc2ccccc2)c1=O. The van der Waals surface area contributed by atoms with E-state index in [2.05, 4.69) is 10.0 Å². The van der Waals surface area contributed by atoms with Crippen molar-refractivity contribution in [2.24, 2.45) is 5.11 Å². The van der Waals surface area contributed by atoms with Gasteiger partial charge in [0.1, 0.15) is 6.61 Å². The van der Waals surface area contributed by atoms with Gasteiger partial charge in [-0.25, -0.2) is 0 Å². The molecule has 6 nitrogen and oxygen atoms in total. The van der Waals surface area contributed by atoms with Crippen molar-refractivity contribution in [2.75, 3.05) is 6.54 Å². The molecule has 24 heavy (non-hydrogen) atoms. The van der Waals surface area contributed by atoms with E-state index in [4.69, 9.17) is 10.3 Å². The number of nitrogens with zero attached hydrogens (tertiary/aromatic N) is 4. The molecule has 0 aliphatic carbocycles. The second-order valence-electron chi connectivity index (χ2n) is 5.51. The molecule has 0 atom stereocenters. The van der Waals surface area contributed by atoms with Crippen LogP contribution >= 0.6 is 0 Å². The third kappa shape index (κ3) is 5.82. The minimum atomic E-state index is -0.0949. The van der Waals surface area contributed by atoms with Crippen LogP contribution in [-0.4, -0.2) is 11.1 Å². The van der Waals surface area contributed by atoms with Crippen LogP contribution in [0.1, 0.15) is 31.2 Å². The average molecular weight is 326 g/mol. The predicted octanol–water partition coefficient (Wildman–Crippen LogP) is 4.30. The van der Waals surface area contributed by atoms with Gasteiger partial charge in [-0.2, -0.15) is 0 Å². The smallest absolute Gasteiger partial charge is 0.292 e. The lowest BCUT2D eigenvalue weighted by Gasteiger charge is -2.09. The molecule has 0 aliphatic heterocycles. The Labute approximate surface area is 141 Å². The second-order valence-corrected chi connectivity index (χ2v) is 5.51. The van der Waals surface area contributed by atoms with Crippen LogP contribution in [0.2, 0.25) is 0 Å². The zero-order valence-electron chi connectivity index (χ0n) is 13.7. The molecule has 2 rings (SSSR count). The molecule has 0 amide bonds. The van der Waals surface area contributed by atoms with Crippen molar-refractivity contribution < 1.29 is 4.74 Å². The molecule has 0 fully saturated rings. The van der Waals surface area contributed by atoms with Crippen molar-refractivity contribution in [1.29, 1.82) is 0 Å². The van der Waals surface area contributed by atoms with Crippen molar-refractivity contribution in [3.05, 3.63) is 75.0 Å². The van der Waals surface area contributed by atoms with Crippen LogP contribution in [0.25, 0.3) is 10.4 Å². The Balaban J connectivity index is 1.81. The monoisotopic (exact) mass is 326 g/mol. The van der Waals surface area contributed by atoms with E-state index < -0.39 is 0 Å². The van der Waals surface area contributed by atoms with Crippen molar-refractivity contribution >= 4 is 0 Å². The molecule has 1 heterocycles. The number of rotatable bonds is 10. The van der Waals surface area contributed by atoms with Gasteiger partial charge in [0.15, 0.2) is 5.75 Å². The molecule has 0 radical (unpaired) electrons. The third-order valence-electron chi connectivity index (χ3n) is 3.69. The van der Waals surface area contributed by atoms with Crippen LogP contribution in [0.15, 0.2) is 58.6 Å². The number of pyridine rings is 1. The summed E-state index contributed by atoms with van der Waals surface area (Å²) in [6.07, 6.45) is 5.59. The molecule has 0 unspecified atom stereocenters. The molecule has 0 bridgehead atoms. The first-order valence-corrected chi connectivity index (χ1v) is 8.18. The first-order valence-electron chi connectivity index (χ1n) is 8.18. The number of azide groups is 1. The van der Waals surface area contributed by atoms with Gasteiger partial charge in [0, 0.05) is 24.2 Å². The van der Waals surface area contributed by atoms with Crippen LogP contribution in [0.5, 0.6) is 5.75 Å². The fourth-order valence-electron chi connectivity index (χ4n) is 2.40. The molecule has 2 aromatic rings. The number of ether oxygens (including phenoxy) is 1. The van der Waals surface area contributed by atoms with Gasteiger partial charge in [0.05, 0.1) is 0 Å². The maximum absolute atomic E-state index is 12.4. The second kappa shape index (κ2) is 10.1. The minimum absolute atomic E-state index is 0.0949. The first-order chi connectivity index (χ1) is 11.8. The van der Waals surface area contributed by atoms with Crippen LogP contribution in [-0.2, 0) is 13.2 Å². The number of unbranched alkanes of at least 4 members (excludes halogenated alkanes) is 3. The molecule has 0 saturated heterocycles. The number of hydrogen-bond acceptors (Lipinski definition) is 3. The summed E-state index contributed by atoms with van der Waals surface area (Å²) in [6.45, 7) is 1.60. The maximum Gasteiger partial charge on any atom is 0.292 e. The van der Waals surface area contributed by atoms with E-state index in [1.54, 1.807) is 16.8 Å². The summed E-state index contributed by atoms with van der Waals surface area (Å²) in [5.41, 5.74) is 9.14. The van der Waals surface area contributed by atoms with E-state index in [1.165, 1.54) is 0 Å². The van der Waals surface area contributed by atoms with Crippen molar-refractivity contribution in [2.45, 2.75) is 38.8 Å². The highest BCUT2D eigenvalue weighted by molar-refractivity contribution is 5.19. The normalized spacial score (nSPS) is 10.2. The molecule has 1 aromatic heterocycles. The zero-order chi connectivity index (χ0) is 17.0. The highest BCUT2D eigenvalue weighted by Gasteiger charge is 2.04. The van der Waals surface area contributed by atoms with E-state index in [-0.39, 0.29) is 5.56 Å². The Morgan fingerprint density at radius 2 is 1.83 bits per heavy atom. The van der Waals surface area contributed by atoms with Gasteiger partial charge < -0.3 is 9.30 Å². The van der Waals surface area contributed by atoms with Crippen molar-refractivity contribution in [3.63, 3.8) is 0 Å². The first kappa shape index (κ1) is 17.6. The lowest BCUT2D eigenvalue weighted by molar-refractivity contribution is 0.298. The summed E-state index contributed by atoms with van der Waals surface area (Å²) in [5.74, 6) is 0.379. The van der Waals surface area contributed by atoms with E-state index >= 15 is 0 Å². The van der Waals surface area contributed by atoms with E-state index in [0.717, 1.165) is 31.2 Å². The molecule has 0 N–H and O–H groups in total. The van der Waals surface area contributed by atoms with Gasteiger partial charge >= 0.3 is 0 Å². The van der Waals surface area contributed by atoms with Crippen molar-refractivity contribution in [1.82, 2.24) is 4.57 Å². The number of benzene rings is 1. The summed E-state index contributed by atoms with van der Waals surface area (Å²) in [6, 6.07) is 13.3. The van der Waals surface area contributed by atoms with Gasteiger partial charge in [0.2, 0.25) is 0 Å². The summed E-state index contributed by atoms with van der Waals surface area (Å²) in [5, 5.41) is 3.51. The van der Waals surface area contributed by atoms with Gasteiger partial charge in [-0.05, 0) is 36.1 Å². The molecule has 1 aromatic carbocycles. The van der Waals surface area contributed by atoms with Crippen LogP contribution in [0.4, 0.5) is 0 Å².